The van der Waals surface area contributed by atoms with Crippen LogP contribution in [0.3, 0.4) is 0 Å². The number of halogens is 2. The van der Waals surface area contributed by atoms with Crippen LogP contribution in [-0.2, 0) is 6.42 Å². The Balaban J connectivity index is 1.94. The van der Waals surface area contributed by atoms with E-state index in [0.29, 0.717) is 0 Å². The Labute approximate surface area is 126 Å². The van der Waals surface area contributed by atoms with Gasteiger partial charge in [0, 0.05) is 15.8 Å². The number of thiophene rings is 1. The first-order valence-electron chi connectivity index (χ1n) is 5.61. The third-order valence-corrected chi connectivity index (χ3v) is 6.38. The quantitative estimate of drug-likeness (QED) is 0.834. The van der Waals surface area contributed by atoms with Crippen LogP contribution in [0.5, 0.6) is 5.75 Å². The summed E-state index contributed by atoms with van der Waals surface area (Å²) in [5, 5.41) is 0. The van der Waals surface area contributed by atoms with Crippen molar-refractivity contribution in [1.82, 2.24) is 0 Å². The minimum Gasteiger partial charge on any atom is -0.493 e. The van der Waals surface area contributed by atoms with Crippen molar-refractivity contribution in [2.24, 2.45) is 5.73 Å². The van der Waals surface area contributed by atoms with Crippen molar-refractivity contribution in [3.8, 4) is 5.75 Å². The Morgan fingerprint density at radius 1 is 1.28 bits per heavy atom. The van der Waals surface area contributed by atoms with Crippen LogP contribution in [0, 0.1) is 0 Å². The number of hydrogen-bond acceptors (Lipinski definition) is 3. The van der Waals surface area contributed by atoms with E-state index in [-0.39, 0.29) is 6.04 Å². The molecule has 2 N–H and O–H groups in total. The molecule has 18 heavy (non-hydrogen) atoms. The lowest BCUT2D eigenvalue weighted by Gasteiger charge is -2.11. The Morgan fingerprint density at radius 2 is 2.11 bits per heavy atom. The largest absolute Gasteiger partial charge is 0.493 e. The van der Waals surface area contributed by atoms with E-state index in [9.17, 15) is 0 Å². The van der Waals surface area contributed by atoms with Crippen molar-refractivity contribution >= 4 is 43.2 Å². The van der Waals surface area contributed by atoms with Gasteiger partial charge in [-0.2, -0.15) is 0 Å². The molecule has 1 aliphatic heterocycles. The monoisotopic (exact) mass is 387 g/mol. The van der Waals surface area contributed by atoms with Crippen LogP contribution in [0.1, 0.15) is 22.0 Å². The molecule has 1 unspecified atom stereocenters. The van der Waals surface area contributed by atoms with Crippen molar-refractivity contribution in [1.29, 1.82) is 0 Å². The predicted molar refractivity (Wildman–Crippen MR) is 81.4 cm³/mol. The van der Waals surface area contributed by atoms with Crippen molar-refractivity contribution in [2.45, 2.75) is 12.5 Å². The molecule has 0 fully saturated rings. The molecule has 1 aliphatic rings. The van der Waals surface area contributed by atoms with Crippen LogP contribution in [0.15, 0.2) is 32.5 Å². The molecule has 1 aromatic heterocycles. The molecule has 2 nitrogen and oxygen atoms in total. The Hall–Kier alpha value is -0.360. The number of ether oxygens (including phenoxy) is 1. The second kappa shape index (κ2) is 4.96. The third kappa shape index (κ3) is 2.25. The Morgan fingerprint density at radius 3 is 2.83 bits per heavy atom. The average molecular weight is 389 g/mol. The molecule has 0 saturated heterocycles. The van der Waals surface area contributed by atoms with Crippen LogP contribution in [0.2, 0.25) is 0 Å². The zero-order chi connectivity index (χ0) is 12.7. The first kappa shape index (κ1) is 12.7. The molecular weight excluding hydrogens is 378 g/mol. The number of hydrogen-bond donors (Lipinski definition) is 1. The van der Waals surface area contributed by atoms with Gasteiger partial charge in [-0.05, 0) is 55.1 Å². The molecule has 0 radical (unpaired) electrons. The maximum absolute atomic E-state index is 6.32. The van der Waals surface area contributed by atoms with E-state index in [1.165, 1.54) is 5.56 Å². The summed E-state index contributed by atoms with van der Waals surface area (Å²) in [6.07, 6.45) is 0.980. The summed E-state index contributed by atoms with van der Waals surface area (Å²) in [5.41, 5.74) is 8.72. The van der Waals surface area contributed by atoms with Crippen molar-refractivity contribution in [3.05, 3.63) is 48.5 Å². The summed E-state index contributed by atoms with van der Waals surface area (Å²) >= 11 is 8.66. The summed E-state index contributed by atoms with van der Waals surface area (Å²) in [5.74, 6) is 1.000. The topological polar surface area (TPSA) is 35.2 Å². The standard InChI is InChI=1S/C13H11Br2NOS/c14-9-6-11(18-13(9)15)12(16)8-1-2-10-7(5-8)3-4-17-10/h1-2,5-6,12H,3-4,16H2. The van der Waals surface area contributed by atoms with Crippen molar-refractivity contribution in [2.75, 3.05) is 6.61 Å². The van der Waals surface area contributed by atoms with E-state index < -0.39 is 0 Å². The van der Waals surface area contributed by atoms with E-state index in [0.717, 1.165) is 37.5 Å². The lowest BCUT2D eigenvalue weighted by Crippen LogP contribution is -2.10. The molecule has 0 amide bonds. The van der Waals surface area contributed by atoms with Gasteiger partial charge in [-0.25, -0.2) is 0 Å². The first-order chi connectivity index (χ1) is 8.65. The number of fused-ring (bicyclic) bond motifs is 1. The van der Waals surface area contributed by atoms with E-state index >= 15 is 0 Å². The highest BCUT2D eigenvalue weighted by atomic mass is 79.9. The fourth-order valence-corrected chi connectivity index (χ4v) is 4.20. The highest BCUT2D eigenvalue weighted by Crippen LogP contribution is 2.37. The number of nitrogens with two attached hydrogens (primary N) is 1. The van der Waals surface area contributed by atoms with E-state index in [1.807, 2.05) is 6.07 Å². The van der Waals surface area contributed by atoms with Gasteiger partial charge >= 0.3 is 0 Å². The lowest BCUT2D eigenvalue weighted by atomic mass is 10.0. The van der Waals surface area contributed by atoms with Crippen LogP contribution >= 0.6 is 43.2 Å². The fourth-order valence-electron chi connectivity index (χ4n) is 2.08. The molecule has 1 aromatic carbocycles. The maximum Gasteiger partial charge on any atom is 0.122 e. The molecule has 2 aromatic rings. The molecule has 0 spiro atoms. The molecular formula is C13H11Br2NOS. The van der Waals surface area contributed by atoms with E-state index in [2.05, 4.69) is 50.1 Å². The van der Waals surface area contributed by atoms with Crippen LogP contribution < -0.4 is 10.5 Å². The van der Waals surface area contributed by atoms with Gasteiger partial charge in [0.1, 0.15) is 5.75 Å². The molecule has 0 aliphatic carbocycles. The Bertz CT molecular complexity index is 577. The number of benzene rings is 1. The molecule has 5 heteroatoms. The summed E-state index contributed by atoms with van der Waals surface area (Å²) in [4.78, 5) is 1.15. The van der Waals surface area contributed by atoms with E-state index in [4.69, 9.17) is 10.5 Å². The molecule has 1 atom stereocenters. The van der Waals surface area contributed by atoms with Gasteiger partial charge in [-0.15, -0.1) is 11.3 Å². The second-order valence-electron chi connectivity index (χ2n) is 4.21. The maximum atomic E-state index is 6.32. The smallest absolute Gasteiger partial charge is 0.122 e. The summed E-state index contributed by atoms with van der Waals surface area (Å²) in [6, 6.07) is 8.23. The zero-order valence-electron chi connectivity index (χ0n) is 9.45. The van der Waals surface area contributed by atoms with Gasteiger partial charge in [0.05, 0.1) is 16.4 Å². The summed E-state index contributed by atoms with van der Waals surface area (Å²) in [7, 11) is 0. The Kier molecular flexibility index (Phi) is 3.49. The van der Waals surface area contributed by atoms with Gasteiger partial charge in [-0.1, -0.05) is 12.1 Å². The molecule has 3 rings (SSSR count). The fraction of sp³-hybridized carbons (Fsp3) is 0.231. The van der Waals surface area contributed by atoms with Crippen LogP contribution in [0.4, 0.5) is 0 Å². The van der Waals surface area contributed by atoms with Gasteiger partial charge in [0.2, 0.25) is 0 Å². The van der Waals surface area contributed by atoms with Crippen LogP contribution in [0.25, 0.3) is 0 Å². The highest BCUT2D eigenvalue weighted by Gasteiger charge is 2.17. The summed E-state index contributed by atoms with van der Waals surface area (Å²) in [6.45, 7) is 0.782. The molecule has 0 saturated carbocycles. The van der Waals surface area contributed by atoms with Crippen molar-refractivity contribution < 1.29 is 4.74 Å². The molecule has 2 heterocycles. The highest BCUT2D eigenvalue weighted by molar-refractivity contribution is 9.13. The van der Waals surface area contributed by atoms with Crippen molar-refractivity contribution in [3.63, 3.8) is 0 Å². The van der Waals surface area contributed by atoms with Gasteiger partial charge in [0.25, 0.3) is 0 Å². The third-order valence-electron chi connectivity index (χ3n) is 3.04. The normalized spacial score (nSPS) is 15.3. The number of rotatable bonds is 2. The second-order valence-corrected chi connectivity index (χ2v) is 7.47. The molecule has 94 valence electrons. The summed E-state index contributed by atoms with van der Waals surface area (Å²) < 4.78 is 7.65. The van der Waals surface area contributed by atoms with E-state index in [1.54, 1.807) is 11.3 Å². The minimum atomic E-state index is -0.0801. The average Bonchev–Trinajstić information content (AvgIpc) is 2.95. The van der Waals surface area contributed by atoms with Gasteiger partial charge in [-0.3, -0.25) is 0 Å². The minimum absolute atomic E-state index is 0.0801. The first-order valence-corrected chi connectivity index (χ1v) is 8.01. The van der Waals surface area contributed by atoms with Gasteiger partial charge < -0.3 is 10.5 Å². The van der Waals surface area contributed by atoms with Crippen LogP contribution in [-0.4, -0.2) is 6.61 Å². The zero-order valence-corrected chi connectivity index (χ0v) is 13.4. The molecule has 0 bridgehead atoms. The predicted octanol–water partition coefficient (Wildman–Crippen LogP) is 4.26. The SMILES string of the molecule is NC(c1ccc2c(c1)CCO2)c1cc(Br)c(Br)s1. The lowest BCUT2D eigenvalue weighted by molar-refractivity contribution is 0.357. The van der Waals surface area contributed by atoms with Gasteiger partial charge in [0.15, 0.2) is 0 Å².